The van der Waals surface area contributed by atoms with Gasteiger partial charge in [0.15, 0.2) is 5.96 Å². The number of anilines is 1. The molecule has 0 spiro atoms. The second-order valence-electron chi connectivity index (χ2n) is 3.84. The second kappa shape index (κ2) is 5.53. The Morgan fingerprint density at radius 1 is 1.00 bits per heavy atom. The normalized spacial score (nSPS) is 11.8. The van der Waals surface area contributed by atoms with Crippen molar-refractivity contribution >= 4 is 28.1 Å². The summed E-state index contributed by atoms with van der Waals surface area (Å²) in [5.41, 5.74) is 17.3. The molecular weight excluding hydrogens is 260 g/mol. The van der Waals surface area contributed by atoms with E-state index in [2.05, 4.69) is 4.99 Å². The van der Waals surface area contributed by atoms with Crippen LogP contribution < -0.4 is 17.2 Å². The van der Waals surface area contributed by atoms with Crippen molar-refractivity contribution in [2.24, 2.45) is 16.5 Å². The molecule has 0 saturated heterocycles. The molecule has 2 rings (SSSR count). The molecule has 0 aromatic heterocycles. The fourth-order valence-electron chi connectivity index (χ4n) is 1.57. The molecule has 2 aromatic rings. The number of benzene rings is 2. The van der Waals surface area contributed by atoms with Gasteiger partial charge < -0.3 is 17.2 Å². The van der Waals surface area contributed by atoms with Crippen LogP contribution in [0.2, 0.25) is 0 Å². The summed E-state index contributed by atoms with van der Waals surface area (Å²) in [5.74, 6) is -0.0661. The van der Waals surface area contributed by atoms with Gasteiger partial charge in [-0.05, 0) is 30.3 Å². The van der Waals surface area contributed by atoms with E-state index in [1.54, 1.807) is 30.3 Å². The van der Waals surface area contributed by atoms with Crippen LogP contribution in [-0.4, -0.2) is 10.2 Å². The average molecular weight is 274 g/mol. The molecule has 0 aliphatic rings. The molecule has 0 heterocycles. The maximum Gasteiger partial charge on any atom is 0.191 e. The lowest BCUT2D eigenvalue weighted by Crippen LogP contribution is -2.22. The van der Waals surface area contributed by atoms with Crippen molar-refractivity contribution in [1.29, 1.82) is 0 Å². The number of hydrogen-bond donors (Lipinski definition) is 3. The number of nitrogens with zero attached hydrogens (tertiary/aromatic N) is 1. The first-order valence-corrected chi connectivity index (χ1v) is 6.69. The van der Waals surface area contributed by atoms with Crippen LogP contribution in [-0.2, 0) is 10.8 Å². The van der Waals surface area contributed by atoms with Crippen LogP contribution in [0, 0.1) is 0 Å². The van der Waals surface area contributed by atoms with Gasteiger partial charge in [0.25, 0.3) is 0 Å². The number of nitrogen functional groups attached to an aromatic ring is 1. The minimum atomic E-state index is -1.27. The Balaban J connectivity index is 2.35. The minimum absolute atomic E-state index is 0.0661. The van der Waals surface area contributed by atoms with Crippen LogP contribution in [0.3, 0.4) is 0 Å². The van der Waals surface area contributed by atoms with Crippen LogP contribution in [0.1, 0.15) is 0 Å². The Morgan fingerprint density at radius 3 is 2.26 bits per heavy atom. The molecule has 19 heavy (non-hydrogen) atoms. The third-order valence-electron chi connectivity index (χ3n) is 2.42. The van der Waals surface area contributed by atoms with Crippen molar-refractivity contribution < 1.29 is 4.21 Å². The van der Waals surface area contributed by atoms with Crippen LogP contribution in [0.4, 0.5) is 11.4 Å². The highest BCUT2D eigenvalue weighted by molar-refractivity contribution is 7.85. The van der Waals surface area contributed by atoms with Crippen molar-refractivity contribution in [3.63, 3.8) is 0 Å². The van der Waals surface area contributed by atoms with Gasteiger partial charge in [-0.25, -0.2) is 9.20 Å². The third-order valence-corrected chi connectivity index (χ3v) is 3.80. The number of nitrogens with two attached hydrogens (primary N) is 3. The quantitative estimate of drug-likeness (QED) is 0.446. The molecule has 0 saturated carbocycles. The summed E-state index contributed by atoms with van der Waals surface area (Å²) in [7, 11) is -1.27. The van der Waals surface area contributed by atoms with Crippen LogP contribution in [0.25, 0.3) is 0 Å². The Kier molecular flexibility index (Phi) is 3.82. The molecule has 6 heteroatoms. The van der Waals surface area contributed by atoms with E-state index in [1.165, 1.54) is 0 Å². The van der Waals surface area contributed by atoms with E-state index in [4.69, 9.17) is 17.2 Å². The van der Waals surface area contributed by atoms with E-state index in [1.807, 2.05) is 18.2 Å². The van der Waals surface area contributed by atoms with Gasteiger partial charge in [0, 0.05) is 9.79 Å². The van der Waals surface area contributed by atoms with Crippen LogP contribution >= 0.6 is 0 Å². The standard InChI is InChI=1S/C13H14N4OS/c14-11-8-10(6-7-12(11)17-13(15)16)19(18)9-4-2-1-3-5-9/h1-8H,14H2,(H4,15,16,17). The van der Waals surface area contributed by atoms with Crippen LogP contribution in [0.15, 0.2) is 63.3 Å². The van der Waals surface area contributed by atoms with Crippen molar-refractivity contribution in [3.05, 3.63) is 48.5 Å². The van der Waals surface area contributed by atoms with E-state index >= 15 is 0 Å². The first kappa shape index (κ1) is 13.1. The monoisotopic (exact) mass is 274 g/mol. The maximum atomic E-state index is 12.3. The van der Waals surface area contributed by atoms with Crippen LogP contribution in [0.5, 0.6) is 0 Å². The van der Waals surface area contributed by atoms with E-state index in [-0.39, 0.29) is 5.96 Å². The molecule has 5 nitrogen and oxygen atoms in total. The lowest BCUT2D eigenvalue weighted by atomic mass is 10.3. The summed E-state index contributed by atoms with van der Waals surface area (Å²) < 4.78 is 12.3. The molecule has 6 N–H and O–H groups in total. The summed E-state index contributed by atoms with van der Waals surface area (Å²) in [6, 6.07) is 14.1. The SMILES string of the molecule is NC(N)=Nc1ccc(S(=O)c2ccccc2)cc1N. The first-order valence-electron chi connectivity index (χ1n) is 5.54. The molecule has 0 aliphatic carbocycles. The molecule has 98 valence electrons. The highest BCUT2D eigenvalue weighted by Crippen LogP contribution is 2.26. The van der Waals surface area contributed by atoms with Gasteiger partial charge in [0.2, 0.25) is 0 Å². The molecular formula is C13H14N4OS. The predicted molar refractivity (Wildman–Crippen MR) is 77.4 cm³/mol. The summed E-state index contributed by atoms with van der Waals surface area (Å²) in [4.78, 5) is 5.21. The lowest BCUT2D eigenvalue weighted by Gasteiger charge is -2.05. The zero-order valence-electron chi connectivity index (χ0n) is 10.1. The predicted octanol–water partition coefficient (Wildman–Crippen LogP) is 1.34. The highest BCUT2D eigenvalue weighted by Gasteiger charge is 2.08. The number of aliphatic imine (C=N–C) groups is 1. The summed E-state index contributed by atoms with van der Waals surface area (Å²) in [5, 5.41) is 0. The molecule has 0 amide bonds. The zero-order valence-corrected chi connectivity index (χ0v) is 10.9. The number of guanidine groups is 1. The Labute approximate surface area is 113 Å². The van der Waals surface area contributed by atoms with Gasteiger partial charge in [-0.2, -0.15) is 0 Å². The van der Waals surface area contributed by atoms with E-state index < -0.39 is 10.8 Å². The van der Waals surface area contributed by atoms with Gasteiger partial charge >= 0.3 is 0 Å². The minimum Gasteiger partial charge on any atom is -0.397 e. The summed E-state index contributed by atoms with van der Waals surface area (Å²) >= 11 is 0. The Morgan fingerprint density at radius 2 is 1.68 bits per heavy atom. The molecule has 0 radical (unpaired) electrons. The van der Waals surface area contributed by atoms with E-state index in [9.17, 15) is 4.21 Å². The third kappa shape index (κ3) is 3.11. The molecule has 0 fully saturated rings. The van der Waals surface area contributed by atoms with Gasteiger partial charge in [0.05, 0.1) is 22.2 Å². The fraction of sp³-hybridized carbons (Fsp3) is 0. The van der Waals surface area contributed by atoms with Gasteiger partial charge in [-0.15, -0.1) is 0 Å². The molecule has 0 bridgehead atoms. The highest BCUT2D eigenvalue weighted by atomic mass is 32.2. The van der Waals surface area contributed by atoms with E-state index in [0.29, 0.717) is 16.3 Å². The fourth-order valence-corrected chi connectivity index (χ4v) is 2.67. The smallest absolute Gasteiger partial charge is 0.191 e. The first-order chi connectivity index (χ1) is 9.08. The number of hydrogen-bond acceptors (Lipinski definition) is 3. The lowest BCUT2D eigenvalue weighted by molar-refractivity contribution is 0.683. The second-order valence-corrected chi connectivity index (χ2v) is 5.32. The molecule has 2 aromatic carbocycles. The zero-order chi connectivity index (χ0) is 13.8. The van der Waals surface area contributed by atoms with Crippen molar-refractivity contribution in [3.8, 4) is 0 Å². The largest absolute Gasteiger partial charge is 0.397 e. The molecule has 1 unspecified atom stereocenters. The summed E-state index contributed by atoms with van der Waals surface area (Å²) in [6.07, 6.45) is 0. The molecule has 1 atom stereocenters. The van der Waals surface area contributed by atoms with Crippen molar-refractivity contribution in [2.75, 3.05) is 5.73 Å². The maximum absolute atomic E-state index is 12.3. The van der Waals surface area contributed by atoms with Crippen molar-refractivity contribution in [2.45, 2.75) is 9.79 Å². The topological polar surface area (TPSA) is 107 Å². The number of rotatable bonds is 3. The van der Waals surface area contributed by atoms with Crippen molar-refractivity contribution in [1.82, 2.24) is 0 Å². The van der Waals surface area contributed by atoms with Gasteiger partial charge in [-0.3, -0.25) is 0 Å². The Hall–Kier alpha value is -2.34. The van der Waals surface area contributed by atoms with Gasteiger partial charge in [-0.1, -0.05) is 18.2 Å². The summed E-state index contributed by atoms with van der Waals surface area (Å²) in [6.45, 7) is 0. The molecule has 0 aliphatic heterocycles. The average Bonchev–Trinajstić information content (AvgIpc) is 2.41. The Bertz CT molecular complexity index is 636. The van der Waals surface area contributed by atoms with E-state index in [0.717, 1.165) is 4.90 Å². The van der Waals surface area contributed by atoms with Gasteiger partial charge in [0.1, 0.15) is 0 Å².